The van der Waals surface area contributed by atoms with Crippen molar-refractivity contribution in [3.05, 3.63) is 39.9 Å². The van der Waals surface area contributed by atoms with Gasteiger partial charge in [0.2, 0.25) is 5.90 Å². The van der Waals surface area contributed by atoms with Gasteiger partial charge in [-0.15, -0.1) is 0 Å². The number of rotatable bonds is 6. The minimum Gasteiger partial charge on any atom is -0.468 e. The van der Waals surface area contributed by atoms with E-state index in [2.05, 4.69) is 15.4 Å². The Balaban J connectivity index is 3.03. The number of hydrogen-bond acceptors (Lipinski definition) is 4. The average molecular weight is 420 g/mol. The number of hydrogen-bond donors (Lipinski definition) is 3. The molecule has 10 heteroatoms. The summed E-state index contributed by atoms with van der Waals surface area (Å²) in [5.41, 5.74) is 0.800. The van der Waals surface area contributed by atoms with Gasteiger partial charge in [0.15, 0.2) is 6.61 Å². The molecule has 0 spiro atoms. The lowest BCUT2D eigenvalue weighted by Gasteiger charge is -2.16. The molecule has 0 fully saturated rings. The molecule has 0 radical (unpaired) electrons. The van der Waals surface area contributed by atoms with Gasteiger partial charge in [0.1, 0.15) is 0 Å². The van der Waals surface area contributed by atoms with Crippen molar-refractivity contribution in [1.29, 1.82) is 5.41 Å². The fourth-order valence-corrected chi connectivity index (χ4v) is 2.38. The van der Waals surface area contributed by atoms with Crippen LogP contribution in [-0.2, 0) is 9.53 Å². The van der Waals surface area contributed by atoms with E-state index in [4.69, 9.17) is 17.0 Å². The molecule has 154 valence electrons. The zero-order valence-electron chi connectivity index (χ0n) is 15.8. The van der Waals surface area contributed by atoms with Gasteiger partial charge in [-0.25, -0.2) is 0 Å². The van der Waals surface area contributed by atoms with E-state index in [1.165, 1.54) is 13.0 Å². The Morgan fingerprint density at radius 3 is 2.46 bits per heavy atom. The lowest BCUT2D eigenvalue weighted by molar-refractivity contribution is -0.156. The summed E-state index contributed by atoms with van der Waals surface area (Å²) in [5, 5.41) is 12.9. The van der Waals surface area contributed by atoms with Crippen LogP contribution in [0.15, 0.2) is 23.8 Å². The highest BCUT2D eigenvalue weighted by molar-refractivity contribution is 6.31. The first-order valence-electron chi connectivity index (χ1n) is 8.19. The van der Waals surface area contributed by atoms with Gasteiger partial charge < -0.3 is 15.4 Å². The summed E-state index contributed by atoms with van der Waals surface area (Å²) in [6.45, 7) is 4.86. The Bertz CT molecular complexity index is 805. The molecule has 1 aromatic rings. The first-order valence-corrected chi connectivity index (χ1v) is 8.56. The molecule has 6 nitrogen and oxygen atoms in total. The van der Waals surface area contributed by atoms with Crippen molar-refractivity contribution in [3.63, 3.8) is 0 Å². The first-order chi connectivity index (χ1) is 12.8. The number of carbonyl (C=O) groups is 2. The Morgan fingerprint density at radius 1 is 1.32 bits per heavy atom. The highest BCUT2D eigenvalue weighted by Crippen LogP contribution is 2.26. The van der Waals surface area contributed by atoms with Crippen LogP contribution in [-0.4, -0.2) is 36.5 Å². The van der Waals surface area contributed by atoms with Gasteiger partial charge in [-0.3, -0.25) is 15.0 Å². The van der Waals surface area contributed by atoms with Crippen LogP contribution in [0.25, 0.3) is 0 Å². The molecule has 3 N–H and O–H groups in total. The van der Waals surface area contributed by atoms with Gasteiger partial charge in [-0.2, -0.15) is 13.2 Å². The molecular weight excluding hydrogens is 399 g/mol. The number of carbonyl (C=O) groups excluding carboxylic acids is 2. The second kappa shape index (κ2) is 9.59. The maximum absolute atomic E-state index is 12.4. The van der Waals surface area contributed by atoms with Crippen LogP contribution in [0.4, 0.5) is 18.9 Å². The zero-order chi connectivity index (χ0) is 21.6. The molecule has 1 aromatic carbocycles. The van der Waals surface area contributed by atoms with Gasteiger partial charge in [0, 0.05) is 22.7 Å². The third kappa shape index (κ3) is 7.59. The molecule has 1 rings (SSSR count). The molecule has 0 aliphatic heterocycles. The highest BCUT2D eigenvalue weighted by Gasteiger charge is 2.28. The van der Waals surface area contributed by atoms with Crippen LogP contribution in [0.3, 0.4) is 0 Å². The summed E-state index contributed by atoms with van der Waals surface area (Å²) >= 11 is 6.00. The van der Waals surface area contributed by atoms with Crippen LogP contribution in [0.5, 0.6) is 0 Å². The predicted molar refractivity (Wildman–Crippen MR) is 101 cm³/mol. The summed E-state index contributed by atoms with van der Waals surface area (Å²) in [7, 11) is 0. The Kier molecular flexibility index (Phi) is 8.04. The van der Waals surface area contributed by atoms with E-state index < -0.39 is 30.5 Å². The molecule has 0 saturated carbocycles. The number of amides is 2. The van der Waals surface area contributed by atoms with Gasteiger partial charge >= 0.3 is 6.18 Å². The van der Waals surface area contributed by atoms with Crippen LogP contribution in [0, 0.1) is 12.3 Å². The third-order valence-corrected chi connectivity index (χ3v) is 3.52. The number of anilines is 1. The molecular formula is C18H21ClF3N3O3. The van der Waals surface area contributed by atoms with E-state index in [1.54, 1.807) is 26.8 Å². The summed E-state index contributed by atoms with van der Waals surface area (Å²) < 4.78 is 40.6. The van der Waals surface area contributed by atoms with Gasteiger partial charge in [-0.05, 0) is 45.4 Å². The second-order valence-corrected chi connectivity index (χ2v) is 6.76. The number of ether oxygens (including phenoxy) is 1. The Labute approximate surface area is 165 Å². The Hall–Kier alpha value is -2.55. The van der Waals surface area contributed by atoms with E-state index in [9.17, 15) is 22.8 Å². The fourth-order valence-electron chi connectivity index (χ4n) is 2.10. The smallest absolute Gasteiger partial charge is 0.422 e. The topological polar surface area (TPSA) is 91.3 Å². The molecule has 0 unspecified atom stereocenters. The molecule has 0 aliphatic rings. The molecule has 0 heterocycles. The van der Waals surface area contributed by atoms with Crippen molar-refractivity contribution < 1.29 is 27.5 Å². The molecule has 28 heavy (non-hydrogen) atoms. The zero-order valence-corrected chi connectivity index (χ0v) is 16.5. The summed E-state index contributed by atoms with van der Waals surface area (Å²) in [5.74, 6) is -1.96. The molecule has 0 saturated heterocycles. The summed E-state index contributed by atoms with van der Waals surface area (Å²) in [6, 6.07) is 2.80. The predicted octanol–water partition coefficient (Wildman–Crippen LogP) is 4.23. The van der Waals surface area contributed by atoms with Crippen molar-refractivity contribution in [2.45, 2.75) is 39.9 Å². The Morgan fingerprint density at radius 2 is 1.93 bits per heavy atom. The first kappa shape index (κ1) is 23.5. The van der Waals surface area contributed by atoms with Crippen molar-refractivity contribution in [2.75, 3.05) is 11.9 Å². The van der Waals surface area contributed by atoms with E-state index in [0.29, 0.717) is 10.6 Å². The van der Waals surface area contributed by atoms with Crippen LogP contribution < -0.4 is 10.6 Å². The van der Waals surface area contributed by atoms with Crippen molar-refractivity contribution >= 4 is 35.0 Å². The third-order valence-electron chi connectivity index (χ3n) is 3.30. The van der Waals surface area contributed by atoms with E-state index in [0.717, 1.165) is 6.08 Å². The minimum atomic E-state index is -4.59. The second-order valence-electron chi connectivity index (χ2n) is 6.32. The lowest BCUT2D eigenvalue weighted by Crippen LogP contribution is -2.31. The molecule has 0 bridgehead atoms. The van der Waals surface area contributed by atoms with Crippen molar-refractivity contribution in [1.82, 2.24) is 5.32 Å². The number of alkyl halides is 3. The van der Waals surface area contributed by atoms with E-state index >= 15 is 0 Å². The summed E-state index contributed by atoms with van der Waals surface area (Å²) in [4.78, 5) is 24.8. The molecule has 0 atom stereocenters. The summed E-state index contributed by atoms with van der Waals surface area (Å²) in [6.07, 6.45) is -3.73. The van der Waals surface area contributed by atoms with E-state index in [1.807, 2.05) is 0 Å². The maximum atomic E-state index is 12.4. The van der Waals surface area contributed by atoms with Gasteiger partial charge in [0.25, 0.3) is 11.8 Å². The van der Waals surface area contributed by atoms with Crippen molar-refractivity contribution in [3.8, 4) is 0 Å². The van der Waals surface area contributed by atoms with Crippen LogP contribution in [0.2, 0.25) is 5.02 Å². The maximum Gasteiger partial charge on any atom is 0.422 e. The standard InChI is InChI=1S/C18H21ClF3N3O3/c1-9(2)24-17(27)13-7-12(19)5-10(3)15(13)25-16(26)11(4)6-14(23)28-8-18(20,21)22/h5-7,9,23H,8H2,1-4H3,(H,24,27)(H,25,26)/b11-6+,23-14?. The van der Waals surface area contributed by atoms with Gasteiger partial charge in [-0.1, -0.05) is 11.6 Å². The largest absolute Gasteiger partial charge is 0.468 e. The average Bonchev–Trinajstić information content (AvgIpc) is 2.53. The number of nitrogens with one attached hydrogen (secondary N) is 3. The van der Waals surface area contributed by atoms with Crippen LogP contribution in [0.1, 0.15) is 36.7 Å². The lowest BCUT2D eigenvalue weighted by atomic mass is 10.1. The number of benzene rings is 1. The normalized spacial score (nSPS) is 12.0. The minimum absolute atomic E-state index is 0.0725. The van der Waals surface area contributed by atoms with Gasteiger partial charge in [0.05, 0.1) is 11.3 Å². The fraction of sp³-hybridized carbons (Fsp3) is 0.389. The number of halogens is 4. The van der Waals surface area contributed by atoms with Crippen molar-refractivity contribution in [2.24, 2.45) is 0 Å². The quantitative estimate of drug-likeness (QED) is 0.366. The van der Waals surface area contributed by atoms with Crippen LogP contribution >= 0.6 is 11.6 Å². The SMILES string of the molecule is C/C(=C\C(=N)OCC(F)(F)F)C(=O)Nc1c(C)cc(Cl)cc1C(=O)NC(C)C. The monoisotopic (exact) mass is 419 g/mol. The highest BCUT2D eigenvalue weighted by atomic mass is 35.5. The number of aryl methyl sites for hydroxylation is 1. The molecule has 0 aromatic heterocycles. The molecule has 2 amide bonds. The molecule has 0 aliphatic carbocycles. The van der Waals surface area contributed by atoms with E-state index in [-0.39, 0.29) is 22.9 Å².